The number of rotatable bonds is 6. The van der Waals surface area contributed by atoms with E-state index in [1.54, 1.807) is 18.3 Å². The molecule has 1 aromatic carbocycles. The summed E-state index contributed by atoms with van der Waals surface area (Å²) in [4.78, 5) is 24.3. The predicted molar refractivity (Wildman–Crippen MR) is 113 cm³/mol. The number of carbonyl (C=O) groups excluding carboxylic acids is 1. The molecule has 1 aliphatic rings. The van der Waals surface area contributed by atoms with Gasteiger partial charge in [0.1, 0.15) is 17.9 Å². The molecule has 2 aromatic heterocycles. The molecule has 1 saturated heterocycles. The average molecular weight is 413 g/mol. The first-order valence-corrected chi connectivity index (χ1v) is 11.1. The van der Waals surface area contributed by atoms with E-state index >= 15 is 0 Å². The zero-order chi connectivity index (χ0) is 20.2. The number of imidazole rings is 1. The Morgan fingerprint density at radius 2 is 2.10 bits per heavy atom. The Labute approximate surface area is 174 Å². The Bertz CT molecular complexity index is 1010. The standard InChI is InChI=1S/C22H25FN4OS/c1-2-17-9-5-6-13-26(17)20(28)14-27-21-19(11-7-12-24-21)25-22(27)29-15-16-8-3-4-10-18(16)23/h3-4,7-8,10-12,17H,2,5-6,9,13-15H2,1H3/t17-/m0/s1. The van der Waals surface area contributed by atoms with Gasteiger partial charge in [-0.3, -0.25) is 9.36 Å². The maximum absolute atomic E-state index is 14.0. The van der Waals surface area contributed by atoms with E-state index in [0.717, 1.165) is 31.3 Å². The van der Waals surface area contributed by atoms with Crippen molar-refractivity contribution >= 4 is 28.8 Å². The highest BCUT2D eigenvalue weighted by Gasteiger charge is 2.26. The molecule has 1 fully saturated rings. The van der Waals surface area contributed by atoms with Gasteiger partial charge in [0.25, 0.3) is 0 Å². The fourth-order valence-corrected chi connectivity index (χ4v) is 4.92. The van der Waals surface area contributed by atoms with E-state index in [9.17, 15) is 9.18 Å². The number of nitrogens with zero attached hydrogens (tertiary/aromatic N) is 4. The predicted octanol–water partition coefficient (Wildman–Crippen LogP) is 4.65. The highest BCUT2D eigenvalue weighted by atomic mass is 32.2. The molecule has 1 aliphatic heterocycles. The molecule has 1 atom stereocenters. The molecule has 5 nitrogen and oxygen atoms in total. The Morgan fingerprint density at radius 3 is 2.93 bits per heavy atom. The average Bonchev–Trinajstić information content (AvgIpc) is 3.10. The first kappa shape index (κ1) is 19.9. The number of halogens is 1. The van der Waals surface area contributed by atoms with Gasteiger partial charge in [0.2, 0.25) is 5.91 Å². The zero-order valence-electron chi connectivity index (χ0n) is 16.6. The third-order valence-corrected chi connectivity index (χ3v) is 6.52. The van der Waals surface area contributed by atoms with Gasteiger partial charge in [0.05, 0.1) is 0 Å². The van der Waals surface area contributed by atoms with Crippen LogP contribution in [0, 0.1) is 5.82 Å². The Morgan fingerprint density at radius 1 is 1.24 bits per heavy atom. The second kappa shape index (κ2) is 8.95. The summed E-state index contributed by atoms with van der Waals surface area (Å²) in [7, 11) is 0. The van der Waals surface area contributed by atoms with Gasteiger partial charge in [-0.15, -0.1) is 0 Å². The molecule has 3 heterocycles. The lowest BCUT2D eigenvalue weighted by molar-refractivity contribution is -0.135. The highest BCUT2D eigenvalue weighted by Crippen LogP contribution is 2.28. The van der Waals surface area contributed by atoms with Crippen LogP contribution < -0.4 is 0 Å². The molecule has 29 heavy (non-hydrogen) atoms. The molecule has 7 heteroatoms. The SMILES string of the molecule is CC[C@H]1CCCCN1C(=O)Cn1c(SCc2ccccc2F)nc2cccnc21. The number of amides is 1. The second-order valence-electron chi connectivity index (χ2n) is 7.35. The molecule has 0 saturated carbocycles. The van der Waals surface area contributed by atoms with Gasteiger partial charge in [0, 0.05) is 24.5 Å². The van der Waals surface area contributed by atoms with Crippen molar-refractivity contribution in [3.63, 3.8) is 0 Å². The number of pyridine rings is 1. The van der Waals surface area contributed by atoms with E-state index in [0.29, 0.717) is 28.2 Å². The van der Waals surface area contributed by atoms with Gasteiger partial charge < -0.3 is 4.90 Å². The highest BCUT2D eigenvalue weighted by molar-refractivity contribution is 7.98. The summed E-state index contributed by atoms with van der Waals surface area (Å²) >= 11 is 1.44. The van der Waals surface area contributed by atoms with Gasteiger partial charge >= 0.3 is 0 Å². The third kappa shape index (κ3) is 4.29. The van der Waals surface area contributed by atoms with Crippen molar-refractivity contribution in [3.8, 4) is 0 Å². The van der Waals surface area contributed by atoms with Crippen molar-refractivity contribution in [2.45, 2.75) is 56.1 Å². The molecule has 0 unspecified atom stereocenters. The maximum atomic E-state index is 14.0. The number of thioether (sulfide) groups is 1. The largest absolute Gasteiger partial charge is 0.338 e. The second-order valence-corrected chi connectivity index (χ2v) is 8.29. The minimum Gasteiger partial charge on any atom is -0.338 e. The van der Waals surface area contributed by atoms with Gasteiger partial charge in [-0.25, -0.2) is 14.4 Å². The Kier molecular flexibility index (Phi) is 6.13. The maximum Gasteiger partial charge on any atom is 0.242 e. The summed E-state index contributed by atoms with van der Waals surface area (Å²) in [5.74, 6) is 0.330. The van der Waals surface area contributed by atoms with Crippen LogP contribution in [0.4, 0.5) is 4.39 Å². The number of aromatic nitrogens is 3. The molecule has 0 spiro atoms. The fraction of sp³-hybridized carbons (Fsp3) is 0.409. The normalized spacial score (nSPS) is 17.0. The molecule has 1 amide bonds. The van der Waals surface area contributed by atoms with Crippen LogP contribution in [0.2, 0.25) is 0 Å². The van der Waals surface area contributed by atoms with Crippen molar-refractivity contribution in [1.29, 1.82) is 0 Å². The number of likely N-dealkylation sites (tertiary alicyclic amines) is 1. The monoisotopic (exact) mass is 412 g/mol. The molecule has 0 radical (unpaired) electrons. The lowest BCUT2D eigenvalue weighted by atomic mass is 10.00. The smallest absolute Gasteiger partial charge is 0.242 e. The number of benzene rings is 1. The summed E-state index contributed by atoms with van der Waals surface area (Å²) < 4.78 is 15.9. The topological polar surface area (TPSA) is 51.0 Å². The summed E-state index contributed by atoms with van der Waals surface area (Å²) in [6, 6.07) is 10.8. The number of piperidine rings is 1. The van der Waals surface area contributed by atoms with Crippen molar-refractivity contribution in [1.82, 2.24) is 19.4 Å². The minimum absolute atomic E-state index is 0.106. The summed E-state index contributed by atoms with van der Waals surface area (Å²) in [6.07, 6.45) is 6.00. The number of carbonyl (C=O) groups is 1. The van der Waals surface area contributed by atoms with Gasteiger partial charge in [-0.2, -0.15) is 0 Å². The summed E-state index contributed by atoms with van der Waals surface area (Å²) in [6.45, 7) is 3.17. The quantitative estimate of drug-likeness (QED) is 0.553. The van der Waals surface area contributed by atoms with Crippen LogP contribution in [0.25, 0.3) is 11.2 Å². The first-order valence-electron chi connectivity index (χ1n) is 10.1. The molecule has 3 aromatic rings. The van der Waals surface area contributed by atoms with Crippen LogP contribution in [0.3, 0.4) is 0 Å². The van der Waals surface area contributed by atoms with Crippen molar-refractivity contribution in [3.05, 3.63) is 54.0 Å². The number of hydrogen-bond donors (Lipinski definition) is 0. The molecule has 0 aliphatic carbocycles. The van der Waals surface area contributed by atoms with Crippen LogP contribution in [0.1, 0.15) is 38.2 Å². The van der Waals surface area contributed by atoms with Crippen LogP contribution in [0.5, 0.6) is 0 Å². The van der Waals surface area contributed by atoms with Gasteiger partial charge in [-0.1, -0.05) is 36.9 Å². The van der Waals surface area contributed by atoms with E-state index < -0.39 is 0 Å². The molecule has 0 bridgehead atoms. The van der Waals surface area contributed by atoms with Gasteiger partial charge in [-0.05, 0) is 49.4 Å². The van der Waals surface area contributed by atoms with E-state index in [4.69, 9.17) is 0 Å². The fourth-order valence-electron chi connectivity index (χ4n) is 3.93. The lowest BCUT2D eigenvalue weighted by Gasteiger charge is -2.35. The number of fused-ring (bicyclic) bond motifs is 1. The zero-order valence-corrected chi connectivity index (χ0v) is 17.4. The Hall–Kier alpha value is -2.41. The molecule has 0 N–H and O–H groups in total. The minimum atomic E-state index is -0.226. The molecule has 152 valence electrons. The van der Waals surface area contributed by atoms with Crippen LogP contribution in [-0.4, -0.2) is 37.9 Å². The van der Waals surface area contributed by atoms with Crippen LogP contribution >= 0.6 is 11.8 Å². The van der Waals surface area contributed by atoms with Gasteiger partial charge in [0.15, 0.2) is 10.8 Å². The third-order valence-electron chi connectivity index (χ3n) is 5.50. The summed E-state index contributed by atoms with van der Waals surface area (Å²) in [5.41, 5.74) is 2.07. The van der Waals surface area contributed by atoms with Crippen molar-refractivity contribution in [2.75, 3.05) is 6.54 Å². The van der Waals surface area contributed by atoms with E-state index in [1.165, 1.54) is 24.2 Å². The van der Waals surface area contributed by atoms with Crippen LogP contribution in [0.15, 0.2) is 47.8 Å². The van der Waals surface area contributed by atoms with Crippen molar-refractivity contribution in [2.24, 2.45) is 0 Å². The summed E-state index contributed by atoms with van der Waals surface area (Å²) in [5, 5.41) is 0.695. The molecular weight excluding hydrogens is 387 g/mol. The lowest BCUT2D eigenvalue weighted by Crippen LogP contribution is -2.44. The van der Waals surface area contributed by atoms with Crippen LogP contribution in [-0.2, 0) is 17.1 Å². The van der Waals surface area contributed by atoms with E-state index in [2.05, 4.69) is 16.9 Å². The molecular formula is C22H25FN4OS. The van der Waals surface area contributed by atoms with E-state index in [-0.39, 0.29) is 18.3 Å². The van der Waals surface area contributed by atoms with E-state index in [1.807, 2.05) is 27.7 Å². The molecule has 4 rings (SSSR count). The van der Waals surface area contributed by atoms with Crippen molar-refractivity contribution < 1.29 is 9.18 Å². The Balaban J connectivity index is 1.59. The number of hydrogen-bond acceptors (Lipinski definition) is 4. The first-order chi connectivity index (χ1) is 14.2.